The van der Waals surface area contributed by atoms with Gasteiger partial charge in [-0.3, -0.25) is 0 Å². The molecule has 1 rings (SSSR count). The molecule has 0 aromatic carbocycles. The maximum absolute atomic E-state index is 10.1. The standard InChI is InChI=1S/C9H12N2O/c1-8-3-2-4-9(5-8,6-10)11-7-12/h8H,2-5H2,1H3. The second kappa shape index (κ2) is 3.51. The molecule has 1 aliphatic rings. The molecular formula is C9H12N2O. The first-order valence-electron chi connectivity index (χ1n) is 4.23. The lowest BCUT2D eigenvalue weighted by Gasteiger charge is -2.29. The fourth-order valence-electron chi connectivity index (χ4n) is 1.84. The van der Waals surface area contributed by atoms with Crippen LogP contribution in [0, 0.1) is 17.2 Å². The molecule has 1 fully saturated rings. The van der Waals surface area contributed by atoms with Crippen LogP contribution in [0.2, 0.25) is 0 Å². The van der Waals surface area contributed by atoms with Crippen molar-refractivity contribution in [1.82, 2.24) is 0 Å². The summed E-state index contributed by atoms with van der Waals surface area (Å²) in [6.07, 6.45) is 5.04. The zero-order valence-corrected chi connectivity index (χ0v) is 7.21. The maximum atomic E-state index is 10.1. The van der Waals surface area contributed by atoms with Gasteiger partial charge in [0.25, 0.3) is 0 Å². The van der Waals surface area contributed by atoms with Crippen molar-refractivity contribution in [1.29, 1.82) is 5.26 Å². The molecule has 12 heavy (non-hydrogen) atoms. The molecule has 0 bridgehead atoms. The summed E-state index contributed by atoms with van der Waals surface area (Å²) in [4.78, 5) is 13.7. The summed E-state index contributed by atoms with van der Waals surface area (Å²) in [5.41, 5.74) is -0.751. The Hall–Kier alpha value is -1.13. The van der Waals surface area contributed by atoms with Crippen molar-refractivity contribution in [2.45, 2.75) is 38.1 Å². The summed E-state index contributed by atoms with van der Waals surface area (Å²) < 4.78 is 0. The Balaban J connectivity index is 2.79. The number of hydrogen-bond donors (Lipinski definition) is 0. The molecule has 3 nitrogen and oxygen atoms in total. The third kappa shape index (κ3) is 1.72. The second-order valence-corrected chi connectivity index (χ2v) is 3.55. The Morgan fingerprint density at radius 1 is 1.67 bits per heavy atom. The van der Waals surface area contributed by atoms with Crippen LogP contribution in [0.5, 0.6) is 0 Å². The molecule has 0 aromatic heterocycles. The molecule has 0 aliphatic heterocycles. The van der Waals surface area contributed by atoms with E-state index in [0.29, 0.717) is 18.8 Å². The minimum atomic E-state index is -0.751. The van der Waals surface area contributed by atoms with Gasteiger partial charge in [-0.25, -0.2) is 4.79 Å². The van der Waals surface area contributed by atoms with Gasteiger partial charge in [0.15, 0.2) is 5.54 Å². The highest BCUT2D eigenvalue weighted by Gasteiger charge is 2.34. The Morgan fingerprint density at radius 3 is 2.92 bits per heavy atom. The first-order valence-corrected chi connectivity index (χ1v) is 4.23. The van der Waals surface area contributed by atoms with Crippen LogP contribution >= 0.6 is 0 Å². The summed E-state index contributed by atoms with van der Waals surface area (Å²) in [6.45, 7) is 2.09. The monoisotopic (exact) mass is 164 g/mol. The Bertz CT molecular complexity index is 250. The molecule has 1 saturated carbocycles. The maximum Gasteiger partial charge on any atom is 0.236 e. The number of isocyanates is 1. The Morgan fingerprint density at radius 2 is 2.42 bits per heavy atom. The highest BCUT2D eigenvalue weighted by Crippen LogP contribution is 2.34. The van der Waals surface area contributed by atoms with Crippen molar-refractivity contribution in [2.24, 2.45) is 10.9 Å². The molecule has 0 heterocycles. The average Bonchev–Trinajstić information content (AvgIpc) is 2.05. The van der Waals surface area contributed by atoms with Crippen LogP contribution in [0.15, 0.2) is 4.99 Å². The van der Waals surface area contributed by atoms with Crippen molar-refractivity contribution >= 4 is 6.08 Å². The molecule has 0 radical (unpaired) electrons. The fraction of sp³-hybridized carbons (Fsp3) is 0.778. The van der Waals surface area contributed by atoms with Crippen molar-refractivity contribution in [3.05, 3.63) is 0 Å². The van der Waals surface area contributed by atoms with Crippen LogP contribution in [-0.2, 0) is 4.79 Å². The van der Waals surface area contributed by atoms with E-state index in [9.17, 15) is 4.79 Å². The predicted molar refractivity (Wildman–Crippen MR) is 44.1 cm³/mol. The number of rotatable bonds is 1. The quantitative estimate of drug-likeness (QED) is 0.438. The molecule has 3 heteroatoms. The van der Waals surface area contributed by atoms with E-state index in [4.69, 9.17) is 5.26 Å². The van der Waals surface area contributed by atoms with Gasteiger partial charge in [0, 0.05) is 0 Å². The number of nitriles is 1. The predicted octanol–water partition coefficient (Wildman–Crippen LogP) is 1.79. The SMILES string of the molecule is CC1CCCC(C#N)(N=C=O)C1. The van der Waals surface area contributed by atoms with E-state index in [1.54, 1.807) is 0 Å². The smallest absolute Gasteiger partial charge is 0.211 e. The van der Waals surface area contributed by atoms with E-state index in [2.05, 4.69) is 18.0 Å². The Kier molecular flexibility index (Phi) is 2.62. The first kappa shape index (κ1) is 8.96. The van der Waals surface area contributed by atoms with Gasteiger partial charge in [-0.15, -0.1) is 0 Å². The van der Waals surface area contributed by atoms with Crippen LogP contribution in [-0.4, -0.2) is 11.6 Å². The summed E-state index contributed by atoms with van der Waals surface area (Å²) >= 11 is 0. The lowest BCUT2D eigenvalue weighted by Crippen LogP contribution is -2.30. The van der Waals surface area contributed by atoms with Gasteiger partial charge in [-0.05, 0) is 25.2 Å². The normalized spacial score (nSPS) is 34.8. The van der Waals surface area contributed by atoms with E-state index < -0.39 is 5.54 Å². The van der Waals surface area contributed by atoms with E-state index >= 15 is 0 Å². The van der Waals surface area contributed by atoms with E-state index in [-0.39, 0.29) is 0 Å². The van der Waals surface area contributed by atoms with Gasteiger partial charge in [0.05, 0.1) is 6.07 Å². The third-order valence-corrected chi connectivity index (χ3v) is 2.44. The summed E-state index contributed by atoms with van der Waals surface area (Å²) in [7, 11) is 0. The molecule has 2 atom stereocenters. The van der Waals surface area contributed by atoms with E-state index in [0.717, 1.165) is 12.8 Å². The van der Waals surface area contributed by atoms with Crippen LogP contribution in [0.1, 0.15) is 32.6 Å². The number of nitrogens with zero attached hydrogens (tertiary/aromatic N) is 2. The molecule has 0 saturated heterocycles. The molecular weight excluding hydrogens is 152 g/mol. The van der Waals surface area contributed by atoms with Gasteiger partial charge < -0.3 is 0 Å². The fourth-order valence-corrected chi connectivity index (χ4v) is 1.84. The summed E-state index contributed by atoms with van der Waals surface area (Å²) in [6, 6.07) is 2.12. The number of carbonyl (C=O) groups excluding carboxylic acids is 1. The third-order valence-electron chi connectivity index (χ3n) is 2.44. The van der Waals surface area contributed by atoms with Gasteiger partial charge in [-0.2, -0.15) is 10.3 Å². The number of aliphatic imine (C=N–C) groups is 1. The van der Waals surface area contributed by atoms with Gasteiger partial charge in [0.1, 0.15) is 0 Å². The second-order valence-electron chi connectivity index (χ2n) is 3.55. The van der Waals surface area contributed by atoms with Crippen LogP contribution < -0.4 is 0 Å². The molecule has 64 valence electrons. The highest BCUT2D eigenvalue weighted by atomic mass is 16.1. The zero-order chi connectivity index (χ0) is 9.03. The molecule has 0 spiro atoms. The molecule has 1 aliphatic carbocycles. The highest BCUT2D eigenvalue weighted by molar-refractivity contribution is 5.37. The molecule has 0 aromatic rings. The van der Waals surface area contributed by atoms with Crippen molar-refractivity contribution in [3.8, 4) is 6.07 Å². The lowest BCUT2D eigenvalue weighted by atomic mass is 9.78. The van der Waals surface area contributed by atoms with E-state index in [1.807, 2.05) is 0 Å². The van der Waals surface area contributed by atoms with Crippen LogP contribution in [0.4, 0.5) is 0 Å². The van der Waals surface area contributed by atoms with Gasteiger partial charge in [0.2, 0.25) is 6.08 Å². The van der Waals surface area contributed by atoms with Crippen LogP contribution in [0.3, 0.4) is 0 Å². The molecule has 2 unspecified atom stereocenters. The average molecular weight is 164 g/mol. The van der Waals surface area contributed by atoms with Crippen molar-refractivity contribution in [2.75, 3.05) is 0 Å². The lowest BCUT2D eigenvalue weighted by molar-refractivity contribution is 0.291. The number of hydrogen-bond acceptors (Lipinski definition) is 3. The minimum absolute atomic E-state index is 0.496. The van der Waals surface area contributed by atoms with Gasteiger partial charge >= 0.3 is 0 Å². The van der Waals surface area contributed by atoms with Crippen LogP contribution in [0.25, 0.3) is 0 Å². The Labute approximate surface area is 72.1 Å². The zero-order valence-electron chi connectivity index (χ0n) is 7.21. The summed E-state index contributed by atoms with van der Waals surface area (Å²) in [5, 5.41) is 8.87. The summed E-state index contributed by atoms with van der Waals surface area (Å²) in [5.74, 6) is 0.496. The van der Waals surface area contributed by atoms with Crippen molar-refractivity contribution < 1.29 is 4.79 Å². The van der Waals surface area contributed by atoms with E-state index in [1.165, 1.54) is 6.08 Å². The van der Waals surface area contributed by atoms with Gasteiger partial charge in [-0.1, -0.05) is 13.3 Å². The topological polar surface area (TPSA) is 53.2 Å². The minimum Gasteiger partial charge on any atom is -0.211 e. The molecule has 0 N–H and O–H groups in total. The van der Waals surface area contributed by atoms with Crippen molar-refractivity contribution in [3.63, 3.8) is 0 Å². The largest absolute Gasteiger partial charge is 0.236 e. The first-order chi connectivity index (χ1) is 5.72. The molecule has 0 amide bonds.